The number of ether oxygens (including phenoxy) is 1. The Morgan fingerprint density at radius 2 is 1.63 bits per heavy atom. The molecule has 0 radical (unpaired) electrons. The fourth-order valence-electron chi connectivity index (χ4n) is 4.86. The van der Waals surface area contributed by atoms with Crippen LogP contribution in [-0.2, 0) is 10.0 Å². The molecule has 196 valence electrons. The summed E-state index contributed by atoms with van der Waals surface area (Å²) in [5.74, 6) is 1.54. The van der Waals surface area contributed by atoms with Crippen LogP contribution in [0.15, 0.2) is 67.0 Å². The number of benzene rings is 2. The van der Waals surface area contributed by atoms with E-state index in [0.29, 0.717) is 47.8 Å². The minimum atomic E-state index is -3.39. The van der Waals surface area contributed by atoms with E-state index in [1.54, 1.807) is 24.5 Å². The van der Waals surface area contributed by atoms with Crippen molar-refractivity contribution in [3.63, 3.8) is 0 Å². The molecule has 0 saturated heterocycles. The number of anilines is 2. The van der Waals surface area contributed by atoms with Crippen molar-refractivity contribution >= 4 is 32.4 Å². The highest BCUT2D eigenvalue weighted by Crippen LogP contribution is 2.38. The van der Waals surface area contributed by atoms with Gasteiger partial charge in [0.05, 0.1) is 22.2 Å². The van der Waals surface area contributed by atoms with E-state index in [0.717, 1.165) is 42.0 Å². The highest BCUT2D eigenvalue weighted by molar-refractivity contribution is 7.93. The third-order valence-corrected chi connectivity index (χ3v) is 8.97. The third-order valence-electron chi connectivity index (χ3n) is 7.11. The Labute approximate surface area is 221 Å². The Bertz CT molecular complexity index is 1570. The van der Waals surface area contributed by atoms with Crippen LogP contribution in [0.3, 0.4) is 0 Å². The largest absolute Gasteiger partial charge is 0.438 e. The summed E-state index contributed by atoms with van der Waals surface area (Å²) in [7, 11) is -3.39. The molecule has 2 aliphatic carbocycles. The fraction of sp³-hybridized carbons (Fsp3) is 0.321. The van der Waals surface area contributed by atoms with E-state index in [2.05, 4.69) is 20.0 Å². The smallest absolute Gasteiger partial charge is 0.235 e. The first-order valence-corrected chi connectivity index (χ1v) is 14.5. The van der Waals surface area contributed by atoms with Gasteiger partial charge >= 0.3 is 0 Å². The normalized spacial score (nSPS) is 19.7. The summed E-state index contributed by atoms with van der Waals surface area (Å²) in [4.78, 5) is 13.7. The average Bonchev–Trinajstić information content (AvgIpc) is 3.79. The second-order valence-corrected chi connectivity index (χ2v) is 11.9. The van der Waals surface area contributed by atoms with Gasteiger partial charge in [0.1, 0.15) is 5.75 Å². The summed E-state index contributed by atoms with van der Waals surface area (Å²) >= 11 is 0. The van der Waals surface area contributed by atoms with E-state index in [1.807, 2.05) is 42.5 Å². The maximum absolute atomic E-state index is 12.6. The van der Waals surface area contributed by atoms with Gasteiger partial charge in [-0.25, -0.2) is 23.4 Å². The van der Waals surface area contributed by atoms with E-state index in [4.69, 9.17) is 15.5 Å². The quantitative estimate of drug-likeness (QED) is 0.288. The second-order valence-electron chi connectivity index (χ2n) is 9.98. The molecule has 4 N–H and O–H groups in total. The van der Waals surface area contributed by atoms with Crippen molar-refractivity contribution in [1.29, 1.82) is 0 Å². The van der Waals surface area contributed by atoms with Crippen molar-refractivity contribution in [1.82, 2.24) is 15.0 Å². The standard InChI is InChI=1S/C28H30N6O3S/c29-18-7-9-19(10-8-18)32-28-31-17-15-24(33-28)23-6-3-16-30-27(23)37-26-14-13-25(21-4-1-2-5-22(21)26)34-38(35,36)20-11-12-20/h1-6,13-20,34H,7-12,29H2,(H,31,32,33)/t18-,19-. The predicted octanol–water partition coefficient (Wildman–Crippen LogP) is 5.07. The Morgan fingerprint density at radius 1 is 0.842 bits per heavy atom. The molecule has 0 bridgehead atoms. The van der Waals surface area contributed by atoms with E-state index in [1.165, 1.54) is 0 Å². The van der Waals surface area contributed by atoms with Crippen molar-refractivity contribution in [3.8, 4) is 22.9 Å². The van der Waals surface area contributed by atoms with Gasteiger partial charge in [0.15, 0.2) is 0 Å². The average molecular weight is 531 g/mol. The van der Waals surface area contributed by atoms with Crippen molar-refractivity contribution in [2.24, 2.45) is 5.73 Å². The van der Waals surface area contributed by atoms with Crippen LogP contribution in [0.1, 0.15) is 38.5 Å². The third kappa shape index (κ3) is 5.27. The number of rotatable bonds is 8. The van der Waals surface area contributed by atoms with Crippen LogP contribution in [0.25, 0.3) is 22.0 Å². The Hall–Kier alpha value is -3.76. The molecule has 2 aromatic heterocycles. The summed E-state index contributed by atoms with van der Waals surface area (Å²) in [6.07, 6.45) is 8.78. The Kier molecular flexibility index (Phi) is 6.59. The van der Waals surface area contributed by atoms with E-state index in [9.17, 15) is 8.42 Å². The maximum atomic E-state index is 12.6. The molecule has 2 heterocycles. The molecule has 38 heavy (non-hydrogen) atoms. The predicted molar refractivity (Wildman–Crippen MR) is 149 cm³/mol. The first-order valence-electron chi connectivity index (χ1n) is 13.0. The molecule has 0 spiro atoms. The van der Waals surface area contributed by atoms with Gasteiger partial charge in [0.2, 0.25) is 21.9 Å². The summed E-state index contributed by atoms with van der Waals surface area (Å²) in [6.45, 7) is 0. The molecule has 0 atom stereocenters. The van der Waals surface area contributed by atoms with Gasteiger partial charge in [-0.1, -0.05) is 24.3 Å². The molecule has 9 nitrogen and oxygen atoms in total. The van der Waals surface area contributed by atoms with Crippen LogP contribution in [0.5, 0.6) is 11.6 Å². The molecule has 2 fully saturated rings. The van der Waals surface area contributed by atoms with Crippen LogP contribution < -0.4 is 20.5 Å². The van der Waals surface area contributed by atoms with Crippen molar-refractivity contribution in [2.45, 2.75) is 55.9 Å². The number of nitrogens with zero attached hydrogens (tertiary/aromatic N) is 3. The molecular weight excluding hydrogens is 500 g/mol. The first-order chi connectivity index (χ1) is 18.5. The van der Waals surface area contributed by atoms with Crippen LogP contribution in [0, 0.1) is 0 Å². The number of nitrogens with one attached hydrogen (secondary N) is 2. The molecule has 2 aliphatic rings. The number of hydrogen-bond donors (Lipinski definition) is 3. The van der Waals surface area contributed by atoms with Gasteiger partial charge < -0.3 is 15.8 Å². The van der Waals surface area contributed by atoms with Crippen molar-refractivity contribution in [2.75, 3.05) is 10.0 Å². The molecular formula is C28H30N6O3S. The van der Waals surface area contributed by atoms with Crippen molar-refractivity contribution < 1.29 is 13.2 Å². The van der Waals surface area contributed by atoms with Gasteiger partial charge in [-0.3, -0.25) is 4.72 Å². The van der Waals surface area contributed by atoms with Gasteiger partial charge in [-0.15, -0.1) is 0 Å². The number of fused-ring (bicyclic) bond motifs is 1. The minimum absolute atomic E-state index is 0.277. The second kappa shape index (κ2) is 10.2. The van der Waals surface area contributed by atoms with E-state index in [-0.39, 0.29) is 11.3 Å². The van der Waals surface area contributed by atoms with Crippen molar-refractivity contribution in [3.05, 3.63) is 67.0 Å². The highest BCUT2D eigenvalue weighted by atomic mass is 32.2. The Morgan fingerprint density at radius 3 is 2.42 bits per heavy atom. The lowest BCUT2D eigenvalue weighted by Gasteiger charge is -2.26. The maximum Gasteiger partial charge on any atom is 0.235 e. The molecule has 0 unspecified atom stereocenters. The number of pyridine rings is 1. The van der Waals surface area contributed by atoms with Gasteiger partial charge in [0, 0.05) is 35.2 Å². The zero-order valence-electron chi connectivity index (χ0n) is 20.9. The molecule has 0 aliphatic heterocycles. The SMILES string of the molecule is N[C@H]1CC[C@H](Nc2nccc(-c3cccnc3Oc3ccc(NS(=O)(=O)C4CC4)c4ccccc34)n2)CC1. The van der Waals surface area contributed by atoms with Crippen LogP contribution in [0.4, 0.5) is 11.6 Å². The lowest BCUT2D eigenvalue weighted by Crippen LogP contribution is -2.33. The summed E-state index contributed by atoms with van der Waals surface area (Å²) in [5.41, 5.74) is 8.00. The van der Waals surface area contributed by atoms with Gasteiger partial charge in [-0.05, 0) is 68.9 Å². The van der Waals surface area contributed by atoms with Crippen LogP contribution in [-0.4, -0.2) is 40.7 Å². The Balaban J connectivity index is 1.29. The van der Waals surface area contributed by atoms with Crippen LogP contribution in [0.2, 0.25) is 0 Å². The lowest BCUT2D eigenvalue weighted by atomic mass is 9.92. The lowest BCUT2D eigenvalue weighted by molar-refractivity contribution is 0.410. The van der Waals surface area contributed by atoms with Crippen LogP contribution >= 0.6 is 0 Å². The fourth-order valence-corrected chi connectivity index (χ4v) is 6.27. The number of aromatic nitrogens is 3. The van der Waals surface area contributed by atoms with Gasteiger partial charge in [0.25, 0.3) is 0 Å². The minimum Gasteiger partial charge on any atom is -0.438 e. The highest BCUT2D eigenvalue weighted by Gasteiger charge is 2.36. The monoisotopic (exact) mass is 530 g/mol. The zero-order valence-corrected chi connectivity index (χ0v) is 21.7. The first kappa shape index (κ1) is 24.6. The summed E-state index contributed by atoms with van der Waals surface area (Å²) < 4.78 is 34.3. The number of nitrogens with two attached hydrogens (primary N) is 1. The topological polar surface area (TPSA) is 132 Å². The summed E-state index contributed by atoms with van der Waals surface area (Å²) in [5, 5.41) is 4.67. The van der Waals surface area contributed by atoms with Gasteiger partial charge in [-0.2, -0.15) is 0 Å². The molecule has 0 amide bonds. The van der Waals surface area contributed by atoms with E-state index < -0.39 is 10.0 Å². The van der Waals surface area contributed by atoms with E-state index >= 15 is 0 Å². The number of hydrogen-bond acceptors (Lipinski definition) is 8. The molecule has 10 heteroatoms. The molecule has 2 aromatic carbocycles. The number of sulfonamides is 1. The molecule has 2 saturated carbocycles. The molecule has 4 aromatic rings. The summed E-state index contributed by atoms with van der Waals surface area (Å²) in [6, 6.07) is 17.2. The zero-order chi connectivity index (χ0) is 26.1. The molecule has 6 rings (SSSR count).